The predicted molar refractivity (Wildman–Crippen MR) is 99.1 cm³/mol. The predicted octanol–water partition coefficient (Wildman–Crippen LogP) is 3.73. The molecule has 0 aromatic heterocycles. The van der Waals surface area contributed by atoms with Crippen molar-refractivity contribution in [3.63, 3.8) is 0 Å². The van der Waals surface area contributed by atoms with Gasteiger partial charge in [-0.05, 0) is 51.8 Å². The molecule has 2 amide bonds. The molecule has 0 aliphatic carbocycles. The number of anilines is 1. The number of halogens is 1. The van der Waals surface area contributed by atoms with Crippen LogP contribution in [-0.4, -0.2) is 40.6 Å². The first-order chi connectivity index (χ1) is 12.1. The molecule has 0 aliphatic rings. The molecular weight excluding hydrogens is 360 g/mol. The SMILES string of the molecule is CC(C)(C)ON(C=O)CCCCCC(=O)Nc1ccc(Cl)c(C(=O)O)c1. The van der Waals surface area contributed by atoms with Gasteiger partial charge in [-0.15, -0.1) is 0 Å². The van der Waals surface area contributed by atoms with Crippen molar-refractivity contribution in [2.75, 3.05) is 11.9 Å². The molecule has 0 aliphatic heterocycles. The van der Waals surface area contributed by atoms with Crippen LogP contribution in [0.4, 0.5) is 5.69 Å². The second-order valence-electron chi connectivity index (χ2n) is 6.81. The smallest absolute Gasteiger partial charge is 0.337 e. The second kappa shape index (κ2) is 10.1. The lowest BCUT2D eigenvalue weighted by atomic mass is 10.1. The summed E-state index contributed by atoms with van der Waals surface area (Å²) in [5, 5.41) is 13.1. The van der Waals surface area contributed by atoms with Crippen LogP contribution in [0.2, 0.25) is 5.02 Å². The van der Waals surface area contributed by atoms with E-state index in [1.54, 1.807) is 6.07 Å². The van der Waals surface area contributed by atoms with Crippen LogP contribution in [0.15, 0.2) is 18.2 Å². The number of carbonyl (C=O) groups is 3. The van der Waals surface area contributed by atoms with E-state index < -0.39 is 11.6 Å². The summed E-state index contributed by atoms with van der Waals surface area (Å²) in [5.41, 5.74) is -0.103. The molecule has 1 aromatic carbocycles. The van der Waals surface area contributed by atoms with E-state index in [9.17, 15) is 14.4 Å². The molecule has 1 aromatic rings. The molecule has 1 rings (SSSR count). The first-order valence-electron chi connectivity index (χ1n) is 8.36. The lowest BCUT2D eigenvalue weighted by molar-refractivity contribution is -0.216. The minimum Gasteiger partial charge on any atom is -0.478 e. The molecule has 0 saturated carbocycles. The molecule has 0 bridgehead atoms. The van der Waals surface area contributed by atoms with E-state index in [2.05, 4.69) is 5.32 Å². The van der Waals surface area contributed by atoms with Crippen LogP contribution in [0.5, 0.6) is 0 Å². The Balaban J connectivity index is 2.34. The van der Waals surface area contributed by atoms with Crippen molar-refractivity contribution in [2.24, 2.45) is 0 Å². The number of aromatic carboxylic acids is 1. The molecule has 0 atom stereocenters. The number of amides is 2. The van der Waals surface area contributed by atoms with Gasteiger partial charge in [0.15, 0.2) is 0 Å². The summed E-state index contributed by atoms with van der Waals surface area (Å²) < 4.78 is 0. The van der Waals surface area contributed by atoms with Crippen LogP contribution in [0.25, 0.3) is 0 Å². The van der Waals surface area contributed by atoms with Crippen molar-refractivity contribution < 1.29 is 24.3 Å². The minimum atomic E-state index is -1.15. The Hall–Kier alpha value is -2.12. The Labute approximate surface area is 158 Å². The number of hydroxylamine groups is 2. The summed E-state index contributed by atoms with van der Waals surface area (Å²) in [5.74, 6) is -1.36. The van der Waals surface area contributed by atoms with E-state index in [0.717, 1.165) is 6.42 Å². The lowest BCUT2D eigenvalue weighted by Crippen LogP contribution is -2.33. The van der Waals surface area contributed by atoms with Gasteiger partial charge in [-0.3, -0.25) is 14.4 Å². The van der Waals surface area contributed by atoms with E-state index in [-0.39, 0.29) is 16.5 Å². The number of benzene rings is 1. The summed E-state index contributed by atoms with van der Waals surface area (Å²) in [6.45, 7) is 6.04. The zero-order valence-corrected chi connectivity index (χ0v) is 16.0. The van der Waals surface area contributed by atoms with Gasteiger partial charge in [-0.2, -0.15) is 0 Å². The zero-order valence-electron chi connectivity index (χ0n) is 15.3. The van der Waals surface area contributed by atoms with Crippen LogP contribution in [0, 0.1) is 0 Å². The lowest BCUT2D eigenvalue weighted by Gasteiger charge is -2.26. The average molecular weight is 385 g/mol. The third-order valence-corrected chi connectivity index (χ3v) is 3.60. The van der Waals surface area contributed by atoms with E-state index >= 15 is 0 Å². The molecule has 26 heavy (non-hydrogen) atoms. The Kier molecular flexibility index (Phi) is 8.54. The van der Waals surface area contributed by atoms with Gasteiger partial charge in [0.1, 0.15) is 0 Å². The Bertz CT molecular complexity index is 643. The fourth-order valence-corrected chi connectivity index (χ4v) is 2.39. The number of nitrogens with one attached hydrogen (secondary N) is 1. The van der Waals surface area contributed by atoms with Gasteiger partial charge in [0.25, 0.3) is 0 Å². The van der Waals surface area contributed by atoms with Crippen molar-refractivity contribution in [3.8, 4) is 0 Å². The highest BCUT2D eigenvalue weighted by Crippen LogP contribution is 2.21. The van der Waals surface area contributed by atoms with Gasteiger partial charge in [0.05, 0.1) is 16.2 Å². The van der Waals surface area contributed by atoms with Crippen molar-refractivity contribution >= 4 is 35.6 Å². The standard InChI is InChI=1S/C18H25ClN2O5/c1-18(2,3)26-21(12-22)10-6-4-5-7-16(23)20-13-8-9-15(19)14(11-13)17(24)25/h8-9,11-12H,4-7,10H2,1-3H3,(H,20,23)(H,24,25). The molecule has 2 N–H and O–H groups in total. The van der Waals surface area contributed by atoms with E-state index in [1.807, 2.05) is 20.8 Å². The number of hydrogen-bond donors (Lipinski definition) is 2. The van der Waals surface area contributed by atoms with Crippen molar-refractivity contribution in [1.82, 2.24) is 5.06 Å². The van der Waals surface area contributed by atoms with E-state index in [0.29, 0.717) is 37.9 Å². The highest BCUT2D eigenvalue weighted by atomic mass is 35.5. The number of unbranched alkanes of at least 4 members (excludes halogenated alkanes) is 2. The Morgan fingerprint density at radius 3 is 2.54 bits per heavy atom. The number of carboxylic acid groups (broad SMARTS) is 1. The molecule has 0 fully saturated rings. The normalized spacial score (nSPS) is 11.1. The molecule has 0 spiro atoms. The molecule has 7 nitrogen and oxygen atoms in total. The molecule has 144 valence electrons. The summed E-state index contributed by atoms with van der Waals surface area (Å²) in [4.78, 5) is 39.4. The highest BCUT2D eigenvalue weighted by Gasteiger charge is 2.15. The quantitative estimate of drug-likeness (QED) is 0.364. The Morgan fingerprint density at radius 1 is 1.27 bits per heavy atom. The van der Waals surface area contributed by atoms with Crippen LogP contribution in [0.1, 0.15) is 56.8 Å². The molecule has 0 heterocycles. The molecule has 0 radical (unpaired) electrons. The van der Waals surface area contributed by atoms with Crippen molar-refractivity contribution in [1.29, 1.82) is 0 Å². The van der Waals surface area contributed by atoms with Gasteiger partial charge in [-0.1, -0.05) is 18.0 Å². The van der Waals surface area contributed by atoms with Crippen molar-refractivity contribution in [2.45, 2.75) is 52.1 Å². The number of carbonyl (C=O) groups excluding carboxylic acids is 2. The monoisotopic (exact) mass is 384 g/mol. The van der Waals surface area contributed by atoms with Gasteiger partial charge < -0.3 is 10.4 Å². The molecule has 0 unspecified atom stereocenters. The molecule has 0 saturated heterocycles. The summed E-state index contributed by atoms with van der Waals surface area (Å²) in [7, 11) is 0. The Morgan fingerprint density at radius 2 is 1.96 bits per heavy atom. The number of hydrogen-bond acceptors (Lipinski definition) is 4. The van der Waals surface area contributed by atoms with E-state index in [1.165, 1.54) is 17.2 Å². The van der Waals surface area contributed by atoms with E-state index in [4.69, 9.17) is 21.5 Å². The van der Waals surface area contributed by atoms with Crippen LogP contribution >= 0.6 is 11.6 Å². The van der Waals surface area contributed by atoms with Crippen LogP contribution in [0.3, 0.4) is 0 Å². The van der Waals surface area contributed by atoms with Gasteiger partial charge in [0, 0.05) is 18.7 Å². The maximum absolute atomic E-state index is 11.9. The topological polar surface area (TPSA) is 95.9 Å². The fraction of sp³-hybridized carbons (Fsp3) is 0.500. The maximum atomic E-state index is 11.9. The summed E-state index contributed by atoms with van der Waals surface area (Å²) in [6, 6.07) is 4.32. The number of rotatable bonds is 10. The largest absolute Gasteiger partial charge is 0.478 e. The average Bonchev–Trinajstić information content (AvgIpc) is 2.53. The van der Waals surface area contributed by atoms with Crippen LogP contribution < -0.4 is 5.32 Å². The maximum Gasteiger partial charge on any atom is 0.337 e. The van der Waals surface area contributed by atoms with Crippen LogP contribution in [-0.2, 0) is 14.4 Å². The first-order valence-corrected chi connectivity index (χ1v) is 8.74. The summed E-state index contributed by atoms with van der Waals surface area (Å²) >= 11 is 5.79. The summed E-state index contributed by atoms with van der Waals surface area (Å²) in [6.07, 6.45) is 3.07. The number of carboxylic acids is 1. The third kappa shape index (κ3) is 8.31. The number of nitrogens with zero attached hydrogens (tertiary/aromatic N) is 1. The molecular formula is C18H25ClN2O5. The molecule has 8 heteroatoms. The van der Waals surface area contributed by atoms with Gasteiger partial charge in [-0.25, -0.2) is 9.86 Å². The minimum absolute atomic E-state index is 0.0581. The zero-order chi connectivity index (χ0) is 19.7. The first kappa shape index (κ1) is 21.9. The van der Waals surface area contributed by atoms with Gasteiger partial charge >= 0.3 is 5.97 Å². The fourth-order valence-electron chi connectivity index (χ4n) is 2.19. The van der Waals surface area contributed by atoms with Crippen molar-refractivity contribution in [3.05, 3.63) is 28.8 Å². The third-order valence-electron chi connectivity index (χ3n) is 3.27. The second-order valence-corrected chi connectivity index (χ2v) is 7.22. The highest BCUT2D eigenvalue weighted by molar-refractivity contribution is 6.33. The van der Waals surface area contributed by atoms with Gasteiger partial charge in [0.2, 0.25) is 12.3 Å².